The maximum atomic E-state index is 11.4. The van der Waals surface area contributed by atoms with Crippen LogP contribution in [0.4, 0.5) is 0 Å². The molecule has 3 nitrogen and oxygen atoms in total. The van der Waals surface area contributed by atoms with Gasteiger partial charge in [-0.05, 0) is 36.1 Å². The maximum absolute atomic E-state index is 11.4. The Morgan fingerprint density at radius 2 is 2.19 bits per heavy atom. The quantitative estimate of drug-likeness (QED) is 0.824. The number of hydrogen-bond donors (Lipinski definition) is 1. The Morgan fingerprint density at radius 1 is 1.38 bits per heavy atom. The number of allylic oxidation sites excluding steroid dienone is 2. The lowest BCUT2D eigenvalue weighted by Crippen LogP contribution is -2.16. The Bertz CT molecular complexity index is 437. The Kier molecular flexibility index (Phi) is 2.95. The van der Waals surface area contributed by atoms with Gasteiger partial charge in [-0.2, -0.15) is 0 Å². The van der Waals surface area contributed by atoms with Crippen molar-refractivity contribution in [1.29, 1.82) is 0 Å². The molecule has 0 bridgehead atoms. The van der Waals surface area contributed by atoms with Gasteiger partial charge in [-0.1, -0.05) is 12.1 Å². The first-order valence-corrected chi connectivity index (χ1v) is 5.32. The summed E-state index contributed by atoms with van der Waals surface area (Å²) in [5, 5.41) is 0. The van der Waals surface area contributed by atoms with Crippen molar-refractivity contribution >= 4 is 5.78 Å². The zero-order chi connectivity index (χ0) is 11.5. The number of carbonyl (C=O) groups is 1. The lowest BCUT2D eigenvalue weighted by atomic mass is 9.85. The molecule has 0 saturated carbocycles. The van der Waals surface area contributed by atoms with E-state index < -0.39 is 0 Å². The van der Waals surface area contributed by atoms with E-state index in [1.165, 1.54) is 6.08 Å². The second-order valence-electron chi connectivity index (χ2n) is 4.07. The van der Waals surface area contributed by atoms with Crippen LogP contribution in [0.3, 0.4) is 0 Å². The normalized spacial score (nSPS) is 20.4. The van der Waals surface area contributed by atoms with E-state index in [1.807, 2.05) is 24.3 Å². The summed E-state index contributed by atoms with van der Waals surface area (Å²) in [6, 6.07) is 7.82. The molecule has 0 aromatic heterocycles. The summed E-state index contributed by atoms with van der Waals surface area (Å²) in [5.41, 5.74) is 7.52. The molecule has 1 aliphatic carbocycles. The minimum Gasteiger partial charge on any atom is -0.497 e. The Morgan fingerprint density at radius 3 is 2.88 bits per heavy atom. The van der Waals surface area contributed by atoms with Gasteiger partial charge >= 0.3 is 0 Å². The van der Waals surface area contributed by atoms with Crippen LogP contribution < -0.4 is 10.5 Å². The molecule has 1 aliphatic rings. The van der Waals surface area contributed by atoms with Crippen LogP contribution in [0.5, 0.6) is 5.75 Å². The Hall–Kier alpha value is -1.77. The molecule has 3 heteroatoms. The van der Waals surface area contributed by atoms with Gasteiger partial charge in [-0.25, -0.2) is 0 Å². The van der Waals surface area contributed by atoms with Crippen molar-refractivity contribution in [3.05, 3.63) is 41.6 Å². The van der Waals surface area contributed by atoms with Crippen molar-refractivity contribution in [2.75, 3.05) is 7.11 Å². The number of benzene rings is 1. The van der Waals surface area contributed by atoms with Crippen LogP contribution in [0.1, 0.15) is 24.3 Å². The van der Waals surface area contributed by atoms with Crippen LogP contribution in [0.25, 0.3) is 0 Å². The second-order valence-corrected chi connectivity index (χ2v) is 4.07. The van der Waals surface area contributed by atoms with Gasteiger partial charge in [-0.15, -0.1) is 0 Å². The number of ether oxygens (including phenoxy) is 1. The fourth-order valence-electron chi connectivity index (χ4n) is 2.06. The molecule has 0 saturated heterocycles. The molecular weight excluding hydrogens is 202 g/mol. The fourth-order valence-corrected chi connectivity index (χ4v) is 2.06. The van der Waals surface area contributed by atoms with E-state index in [0.29, 0.717) is 12.1 Å². The summed E-state index contributed by atoms with van der Waals surface area (Å²) in [4.78, 5) is 11.4. The van der Waals surface area contributed by atoms with E-state index in [2.05, 4.69) is 0 Å². The van der Waals surface area contributed by atoms with Crippen LogP contribution in [-0.4, -0.2) is 12.9 Å². The highest BCUT2D eigenvalue weighted by Gasteiger charge is 2.20. The highest BCUT2D eigenvalue weighted by Crippen LogP contribution is 2.31. The molecule has 1 unspecified atom stereocenters. The summed E-state index contributed by atoms with van der Waals surface area (Å²) in [7, 11) is 1.64. The van der Waals surface area contributed by atoms with E-state index in [-0.39, 0.29) is 11.7 Å². The SMILES string of the molecule is COc1cccc(C2CC(=O)C=C(N)C2)c1. The number of nitrogens with two attached hydrogens (primary N) is 1. The largest absolute Gasteiger partial charge is 0.497 e. The molecule has 1 atom stereocenters. The van der Waals surface area contributed by atoms with E-state index in [4.69, 9.17) is 10.5 Å². The van der Waals surface area contributed by atoms with Gasteiger partial charge in [0, 0.05) is 12.1 Å². The Balaban J connectivity index is 2.24. The topological polar surface area (TPSA) is 52.3 Å². The second kappa shape index (κ2) is 4.39. The number of carbonyl (C=O) groups excluding carboxylic acids is 1. The predicted molar refractivity (Wildman–Crippen MR) is 62.2 cm³/mol. The lowest BCUT2D eigenvalue weighted by Gasteiger charge is -2.20. The molecule has 0 radical (unpaired) electrons. The number of rotatable bonds is 2. The van der Waals surface area contributed by atoms with Crippen molar-refractivity contribution in [1.82, 2.24) is 0 Å². The molecule has 0 amide bonds. The van der Waals surface area contributed by atoms with E-state index in [1.54, 1.807) is 7.11 Å². The van der Waals surface area contributed by atoms with Crippen LogP contribution in [0.2, 0.25) is 0 Å². The monoisotopic (exact) mass is 217 g/mol. The van der Waals surface area contributed by atoms with Crippen molar-refractivity contribution < 1.29 is 9.53 Å². The first-order valence-electron chi connectivity index (χ1n) is 5.32. The molecule has 0 fully saturated rings. The third kappa shape index (κ3) is 2.24. The summed E-state index contributed by atoms with van der Waals surface area (Å²) >= 11 is 0. The van der Waals surface area contributed by atoms with Crippen LogP contribution in [-0.2, 0) is 4.79 Å². The smallest absolute Gasteiger partial charge is 0.158 e. The average molecular weight is 217 g/mol. The first kappa shape index (κ1) is 10.7. The zero-order valence-corrected chi connectivity index (χ0v) is 9.27. The maximum Gasteiger partial charge on any atom is 0.158 e. The minimum atomic E-state index is 0.108. The van der Waals surface area contributed by atoms with Crippen molar-refractivity contribution in [2.24, 2.45) is 5.73 Å². The number of methoxy groups -OCH3 is 1. The van der Waals surface area contributed by atoms with Crippen molar-refractivity contribution in [3.8, 4) is 5.75 Å². The van der Waals surface area contributed by atoms with E-state index >= 15 is 0 Å². The summed E-state index contributed by atoms with van der Waals surface area (Å²) < 4.78 is 5.17. The fraction of sp³-hybridized carbons (Fsp3) is 0.308. The molecule has 1 aromatic rings. The molecular formula is C13H15NO2. The van der Waals surface area contributed by atoms with Crippen LogP contribution in [0.15, 0.2) is 36.0 Å². The minimum absolute atomic E-state index is 0.108. The van der Waals surface area contributed by atoms with Gasteiger partial charge in [-0.3, -0.25) is 4.79 Å². The third-order valence-corrected chi connectivity index (χ3v) is 2.84. The van der Waals surface area contributed by atoms with Gasteiger partial charge in [0.25, 0.3) is 0 Å². The summed E-state index contributed by atoms with van der Waals surface area (Å²) in [5.74, 6) is 1.11. The first-order chi connectivity index (χ1) is 7.69. The molecule has 0 heterocycles. The third-order valence-electron chi connectivity index (χ3n) is 2.84. The predicted octanol–water partition coefficient (Wildman–Crippen LogP) is 1.98. The lowest BCUT2D eigenvalue weighted by molar-refractivity contribution is -0.115. The summed E-state index contributed by atoms with van der Waals surface area (Å²) in [6.07, 6.45) is 2.82. The standard InChI is InChI=1S/C13H15NO2/c1-16-13-4-2-3-9(7-13)10-5-11(14)8-12(15)6-10/h2-4,7-8,10H,5-6,14H2,1H3. The molecule has 0 spiro atoms. The zero-order valence-electron chi connectivity index (χ0n) is 9.27. The average Bonchev–Trinajstić information content (AvgIpc) is 2.28. The molecule has 16 heavy (non-hydrogen) atoms. The van der Waals surface area contributed by atoms with Crippen LogP contribution >= 0.6 is 0 Å². The Labute approximate surface area is 94.9 Å². The highest BCUT2D eigenvalue weighted by molar-refractivity contribution is 5.91. The molecule has 2 N–H and O–H groups in total. The molecule has 84 valence electrons. The molecule has 0 aliphatic heterocycles. The van der Waals surface area contributed by atoms with E-state index in [0.717, 1.165) is 17.7 Å². The van der Waals surface area contributed by atoms with Gasteiger partial charge in [0.05, 0.1) is 7.11 Å². The van der Waals surface area contributed by atoms with Gasteiger partial charge in [0.15, 0.2) is 5.78 Å². The van der Waals surface area contributed by atoms with Crippen molar-refractivity contribution in [3.63, 3.8) is 0 Å². The summed E-state index contributed by atoms with van der Waals surface area (Å²) in [6.45, 7) is 0. The van der Waals surface area contributed by atoms with E-state index in [9.17, 15) is 4.79 Å². The number of ketones is 1. The van der Waals surface area contributed by atoms with Gasteiger partial charge in [0.2, 0.25) is 0 Å². The van der Waals surface area contributed by atoms with Gasteiger partial charge in [0.1, 0.15) is 5.75 Å². The highest BCUT2D eigenvalue weighted by atomic mass is 16.5. The number of hydrogen-bond acceptors (Lipinski definition) is 3. The van der Waals surface area contributed by atoms with Crippen molar-refractivity contribution in [2.45, 2.75) is 18.8 Å². The molecule has 2 rings (SSSR count). The van der Waals surface area contributed by atoms with Gasteiger partial charge < -0.3 is 10.5 Å². The van der Waals surface area contributed by atoms with Crippen LogP contribution in [0, 0.1) is 0 Å². The molecule has 1 aromatic carbocycles.